The fraction of sp³-hybridized carbons (Fsp3) is 0. The molecule has 57 heavy (non-hydrogen) atoms. The van der Waals surface area contributed by atoms with Crippen LogP contribution in [0.3, 0.4) is 0 Å². The maximum absolute atomic E-state index is 6.34. The van der Waals surface area contributed by atoms with E-state index in [0.29, 0.717) is 17.6 Å². The molecule has 8 aromatic carbocycles. The van der Waals surface area contributed by atoms with E-state index in [0.717, 1.165) is 66.0 Å². The molecule has 0 aliphatic carbocycles. The van der Waals surface area contributed by atoms with Crippen LogP contribution in [-0.4, -0.2) is 19.5 Å². The fourth-order valence-electron chi connectivity index (χ4n) is 8.60. The van der Waals surface area contributed by atoms with Crippen LogP contribution in [0.2, 0.25) is 0 Å². The Morgan fingerprint density at radius 1 is 0.386 bits per heavy atom. The number of benzene rings is 8. The van der Waals surface area contributed by atoms with Crippen LogP contribution in [0.15, 0.2) is 186 Å². The van der Waals surface area contributed by atoms with Crippen LogP contribution in [0.4, 0.5) is 0 Å². The van der Waals surface area contributed by atoms with Crippen molar-refractivity contribution in [2.45, 2.75) is 0 Å². The molecule has 0 atom stereocenters. The van der Waals surface area contributed by atoms with Gasteiger partial charge in [-0.25, -0.2) is 4.98 Å². The number of hydrogen-bond acceptors (Lipinski definition) is 5. The van der Waals surface area contributed by atoms with Gasteiger partial charge in [0.1, 0.15) is 11.2 Å². The highest BCUT2D eigenvalue weighted by Crippen LogP contribution is 2.47. The molecule has 6 heteroatoms. The first-order valence-electron chi connectivity index (χ1n) is 19.0. The lowest BCUT2D eigenvalue weighted by molar-refractivity contribution is 0.669. The first kappa shape index (κ1) is 31.9. The van der Waals surface area contributed by atoms with Gasteiger partial charge in [0.2, 0.25) is 5.95 Å². The zero-order chi connectivity index (χ0) is 37.5. The molecule has 4 aromatic heterocycles. The molecule has 5 nitrogen and oxygen atoms in total. The molecule has 0 bridgehead atoms. The Balaban J connectivity index is 1.07. The maximum Gasteiger partial charge on any atom is 0.238 e. The number of para-hydroxylation sites is 3. The highest BCUT2D eigenvalue weighted by Gasteiger charge is 2.21. The molecule has 0 N–H and O–H groups in total. The molecule has 0 radical (unpaired) electrons. The van der Waals surface area contributed by atoms with Gasteiger partial charge >= 0.3 is 0 Å². The van der Waals surface area contributed by atoms with Crippen LogP contribution in [-0.2, 0) is 0 Å². The van der Waals surface area contributed by atoms with Gasteiger partial charge in [-0.15, -0.1) is 11.3 Å². The molecular weight excluding hydrogens is 717 g/mol. The van der Waals surface area contributed by atoms with Gasteiger partial charge in [-0.2, -0.15) is 9.97 Å². The summed E-state index contributed by atoms with van der Waals surface area (Å²) in [4.78, 5) is 15.5. The minimum atomic E-state index is 0.582. The number of furan rings is 1. The molecule has 0 spiro atoms. The highest BCUT2D eigenvalue weighted by molar-refractivity contribution is 7.26. The average Bonchev–Trinajstić information content (AvgIpc) is 3.96. The van der Waals surface area contributed by atoms with Crippen molar-refractivity contribution in [1.82, 2.24) is 19.5 Å². The monoisotopic (exact) mass is 746 g/mol. The Kier molecular flexibility index (Phi) is 7.03. The molecule has 0 aliphatic rings. The maximum atomic E-state index is 6.34. The second kappa shape index (κ2) is 12.6. The summed E-state index contributed by atoms with van der Waals surface area (Å²) >= 11 is 1.83. The Labute approximate surface area is 330 Å². The standard InChI is InChI=1S/C51H30N4OS/c1-2-14-31(15-3-1)49-52-50(54-51(53-49)55-40-24-7-4-18-35(40)36-19-5-8-25-41(36)55)33-17-10-16-32(30-33)34-21-12-28-44-47(34)48-38(23-13-29-45(48)57-44)37-22-11-27-43-46(37)39-20-6-9-26-42(39)56-43/h1-30H. The molecule has 266 valence electrons. The summed E-state index contributed by atoms with van der Waals surface area (Å²) in [7, 11) is 0. The third-order valence-corrected chi connectivity index (χ3v) is 12.2. The summed E-state index contributed by atoms with van der Waals surface area (Å²) in [6, 6.07) is 63.7. The molecule has 12 aromatic rings. The van der Waals surface area contributed by atoms with Gasteiger partial charge in [0.05, 0.1) is 11.0 Å². The van der Waals surface area contributed by atoms with E-state index >= 15 is 0 Å². The van der Waals surface area contributed by atoms with E-state index in [2.05, 4.69) is 156 Å². The summed E-state index contributed by atoms with van der Waals surface area (Å²) < 4.78 is 11.0. The van der Waals surface area contributed by atoms with Crippen molar-refractivity contribution in [3.8, 4) is 51.0 Å². The highest BCUT2D eigenvalue weighted by atomic mass is 32.1. The van der Waals surface area contributed by atoms with Crippen LogP contribution in [0.5, 0.6) is 0 Å². The number of thiophene rings is 1. The van der Waals surface area contributed by atoms with Gasteiger partial charge in [-0.05, 0) is 64.7 Å². The quantitative estimate of drug-likeness (QED) is 0.176. The number of hydrogen-bond donors (Lipinski definition) is 0. The Bertz CT molecular complexity index is 3490. The van der Waals surface area contributed by atoms with Gasteiger partial charge in [0.15, 0.2) is 11.6 Å². The van der Waals surface area contributed by atoms with Crippen molar-refractivity contribution in [2.24, 2.45) is 0 Å². The molecule has 4 heterocycles. The molecule has 0 aliphatic heterocycles. The van der Waals surface area contributed by atoms with E-state index in [4.69, 9.17) is 19.4 Å². The third kappa shape index (κ3) is 4.98. The normalized spacial score (nSPS) is 11.9. The Hall–Kier alpha value is -7.41. The largest absolute Gasteiger partial charge is 0.456 e. The van der Waals surface area contributed by atoms with Crippen LogP contribution in [0.1, 0.15) is 0 Å². The van der Waals surface area contributed by atoms with Crippen molar-refractivity contribution >= 4 is 75.3 Å². The van der Waals surface area contributed by atoms with Crippen LogP contribution >= 0.6 is 11.3 Å². The number of rotatable bonds is 5. The van der Waals surface area contributed by atoms with E-state index in [9.17, 15) is 0 Å². The minimum Gasteiger partial charge on any atom is -0.456 e. The first-order chi connectivity index (χ1) is 28.3. The summed E-state index contributed by atoms with van der Waals surface area (Å²) in [5.74, 6) is 1.82. The summed E-state index contributed by atoms with van der Waals surface area (Å²) in [6.45, 7) is 0. The molecule has 0 saturated heterocycles. The van der Waals surface area contributed by atoms with Crippen molar-refractivity contribution in [2.75, 3.05) is 0 Å². The molecule has 0 saturated carbocycles. The van der Waals surface area contributed by atoms with E-state index in [1.54, 1.807) is 0 Å². The molecule has 0 amide bonds. The topological polar surface area (TPSA) is 56.7 Å². The predicted molar refractivity (Wildman–Crippen MR) is 236 cm³/mol. The number of nitrogens with zero attached hydrogens (tertiary/aromatic N) is 4. The van der Waals surface area contributed by atoms with E-state index < -0.39 is 0 Å². The molecule has 0 unspecified atom stereocenters. The minimum absolute atomic E-state index is 0.582. The first-order valence-corrected chi connectivity index (χ1v) is 19.8. The predicted octanol–water partition coefficient (Wildman–Crippen LogP) is 13.9. The van der Waals surface area contributed by atoms with Crippen LogP contribution in [0.25, 0.3) is 115 Å². The van der Waals surface area contributed by atoms with E-state index in [1.807, 2.05) is 41.7 Å². The Morgan fingerprint density at radius 3 is 1.67 bits per heavy atom. The van der Waals surface area contributed by atoms with Crippen LogP contribution in [0, 0.1) is 0 Å². The van der Waals surface area contributed by atoms with Crippen molar-refractivity contribution in [3.63, 3.8) is 0 Å². The number of aromatic nitrogens is 4. The van der Waals surface area contributed by atoms with Crippen molar-refractivity contribution < 1.29 is 4.42 Å². The lowest BCUT2D eigenvalue weighted by atomic mass is 9.92. The van der Waals surface area contributed by atoms with Crippen LogP contribution < -0.4 is 0 Å². The summed E-state index contributed by atoms with van der Waals surface area (Å²) in [5, 5.41) is 7.07. The van der Waals surface area contributed by atoms with Crippen molar-refractivity contribution in [3.05, 3.63) is 182 Å². The number of fused-ring (bicyclic) bond motifs is 9. The fourth-order valence-corrected chi connectivity index (χ4v) is 9.76. The van der Waals surface area contributed by atoms with Gasteiger partial charge in [0.25, 0.3) is 0 Å². The molecule has 0 fully saturated rings. The van der Waals surface area contributed by atoms with Gasteiger partial charge < -0.3 is 4.42 Å². The lowest BCUT2D eigenvalue weighted by Gasteiger charge is -2.12. The Morgan fingerprint density at radius 2 is 0.912 bits per heavy atom. The second-order valence-electron chi connectivity index (χ2n) is 14.3. The molecular formula is C51H30N4OS. The van der Waals surface area contributed by atoms with Crippen molar-refractivity contribution in [1.29, 1.82) is 0 Å². The smallest absolute Gasteiger partial charge is 0.238 e. The summed E-state index contributed by atoms with van der Waals surface area (Å²) in [6.07, 6.45) is 0. The zero-order valence-corrected chi connectivity index (χ0v) is 31.2. The van der Waals surface area contributed by atoms with Gasteiger partial charge in [0, 0.05) is 52.8 Å². The third-order valence-electron chi connectivity index (χ3n) is 11.1. The average molecular weight is 747 g/mol. The molecule has 12 rings (SSSR count). The lowest BCUT2D eigenvalue weighted by Crippen LogP contribution is -2.06. The van der Waals surface area contributed by atoms with E-state index in [1.165, 1.54) is 31.3 Å². The van der Waals surface area contributed by atoms with Gasteiger partial charge in [-0.1, -0.05) is 140 Å². The van der Waals surface area contributed by atoms with E-state index in [-0.39, 0.29) is 0 Å². The van der Waals surface area contributed by atoms with Gasteiger partial charge in [-0.3, -0.25) is 4.57 Å². The zero-order valence-electron chi connectivity index (χ0n) is 30.4. The summed E-state index contributed by atoms with van der Waals surface area (Å²) in [5.41, 5.74) is 10.4. The second-order valence-corrected chi connectivity index (χ2v) is 15.4. The SMILES string of the molecule is c1ccc(-c2nc(-c3cccc(-c4cccc5sc6cccc(-c7cccc8oc9ccccc9c78)c6c45)c3)nc(-n3c4ccccc4c4ccccc43)n2)cc1.